The van der Waals surface area contributed by atoms with Crippen molar-refractivity contribution < 1.29 is 27.8 Å². The Morgan fingerprint density at radius 3 is 2.22 bits per heavy atom. The number of pyridine rings is 1. The van der Waals surface area contributed by atoms with Gasteiger partial charge in [0, 0.05) is 18.3 Å². The molecule has 0 N–H and O–H groups in total. The number of halogens is 3. The second kappa shape index (κ2) is 5.87. The van der Waals surface area contributed by atoms with Crippen molar-refractivity contribution in [1.82, 2.24) is 4.98 Å². The topological polar surface area (TPSA) is 108 Å². The van der Waals surface area contributed by atoms with E-state index in [1.807, 2.05) is 0 Å². The summed E-state index contributed by atoms with van der Waals surface area (Å²) in [5, 5.41) is 21.5. The summed E-state index contributed by atoms with van der Waals surface area (Å²) >= 11 is 0. The van der Waals surface area contributed by atoms with Gasteiger partial charge < -0.3 is 4.74 Å². The third kappa shape index (κ3) is 3.70. The van der Waals surface area contributed by atoms with E-state index in [-0.39, 0.29) is 11.6 Å². The Morgan fingerprint density at radius 2 is 1.74 bits per heavy atom. The zero-order chi connectivity index (χ0) is 17.2. The number of nitrogens with zero attached hydrogens (tertiary/aromatic N) is 3. The molecule has 0 aliphatic rings. The molecular formula is C12H6F3N3O5. The fraction of sp³-hybridized carbons (Fsp3) is 0.0833. The molecule has 0 bridgehead atoms. The van der Waals surface area contributed by atoms with Crippen LogP contribution in [0.1, 0.15) is 5.56 Å². The van der Waals surface area contributed by atoms with Crippen LogP contribution in [0.3, 0.4) is 0 Å². The van der Waals surface area contributed by atoms with E-state index in [1.165, 1.54) is 0 Å². The van der Waals surface area contributed by atoms with E-state index in [4.69, 9.17) is 4.74 Å². The van der Waals surface area contributed by atoms with Gasteiger partial charge in [-0.2, -0.15) is 13.2 Å². The number of rotatable bonds is 4. The molecule has 0 saturated carbocycles. The lowest BCUT2D eigenvalue weighted by Gasteiger charge is -2.08. The van der Waals surface area contributed by atoms with Crippen LogP contribution in [0.5, 0.6) is 11.6 Å². The number of hydrogen-bond acceptors (Lipinski definition) is 6. The highest BCUT2D eigenvalue weighted by molar-refractivity contribution is 5.54. The highest BCUT2D eigenvalue weighted by Gasteiger charge is 2.31. The van der Waals surface area contributed by atoms with Crippen molar-refractivity contribution in [3.8, 4) is 11.6 Å². The molecule has 0 unspecified atom stereocenters. The number of alkyl halides is 3. The molecule has 0 amide bonds. The van der Waals surface area contributed by atoms with Gasteiger partial charge in [-0.05, 0) is 12.1 Å². The summed E-state index contributed by atoms with van der Waals surface area (Å²) in [5.41, 5.74) is -2.24. The normalized spacial score (nSPS) is 11.1. The standard InChI is InChI=1S/C12H6F3N3O5/c13-12(14,15)7-1-4-11(16-6-7)23-10-3-2-8(17(19)20)5-9(10)18(21)22/h1-6H. The van der Waals surface area contributed by atoms with E-state index in [0.717, 1.165) is 18.2 Å². The molecule has 23 heavy (non-hydrogen) atoms. The van der Waals surface area contributed by atoms with Gasteiger partial charge in [-0.1, -0.05) is 0 Å². The Balaban J connectivity index is 2.32. The fourth-order valence-electron chi connectivity index (χ4n) is 1.57. The predicted octanol–water partition coefficient (Wildman–Crippen LogP) is 3.71. The average Bonchev–Trinajstić information content (AvgIpc) is 2.46. The summed E-state index contributed by atoms with van der Waals surface area (Å²) in [4.78, 5) is 23.2. The Hall–Kier alpha value is -3.24. The van der Waals surface area contributed by atoms with Gasteiger partial charge in [0.25, 0.3) is 5.69 Å². The Kier molecular flexibility index (Phi) is 4.12. The number of benzene rings is 1. The van der Waals surface area contributed by atoms with Crippen molar-refractivity contribution in [3.05, 3.63) is 62.3 Å². The molecule has 2 rings (SSSR count). The molecule has 2 aromatic rings. The Labute approximate surface area is 125 Å². The summed E-state index contributed by atoms with van der Waals surface area (Å²) in [5.74, 6) is -0.706. The van der Waals surface area contributed by atoms with Crippen molar-refractivity contribution >= 4 is 11.4 Å². The summed E-state index contributed by atoms with van der Waals surface area (Å²) in [6.45, 7) is 0. The first kappa shape index (κ1) is 16.1. The van der Waals surface area contributed by atoms with Gasteiger partial charge in [0.1, 0.15) is 0 Å². The first-order valence-corrected chi connectivity index (χ1v) is 5.82. The van der Waals surface area contributed by atoms with Gasteiger partial charge in [-0.3, -0.25) is 20.2 Å². The third-order valence-electron chi connectivity index (χ3n) is 2.63. The minimum Gasteiger partial charge on any atom is -0.432 e. The molecule has 8 nitrogen and oxygen atoms in total. The van der Waals surface area contributed by atoms with Crippen LogP contribution in [0.2, 0.25) is 0 Å². The van der Waals surface area contributed by atoms with E-state index in [1.54, 1.807) is 0 Å². The summed E-state index contributed by atoms with van der Waals surface area (Å²) in [7, 11) is 0. The van der Waals surface area contributed by atoms with Crippen LogP contribution in [0.4, 0.5) is 24.5 Å². The number of ether oxygens (including phenoxy) is 1. The van der Waals surface area contributed by atoms with Crippen molar-refractivity contribution in [3.63, 3.8) is 0 Å². The second-order valence-electron chi connectivity index (χ2n) is 4.15. The van der Waals surface area contributed by atoms with Crippen LogP contribution in [0.15, 0.2) is 36.5 Å². The molecule has 0 saturated heterocycles. The number of hydrogen-bond donors (Lipinski definition) is 0. The predicted molar refractivity (Wildman–Crippen MR) is 69.1 cm³/mol. The van der Waals surface area contributed by atoms with Gasteiger partial charge in [-0.25, -0.2) is 4.98 Å². The van der Waals surface area contributed by atoms with Crippen LogP contribution in [0.25, 0.3) is 0 Å². The fourth-order valence-corrected chi connectivity index (χ4v) is 1.57. The molecule has 0 aliphatic carbocycles. The van der Waals surface area contributed by atoms with Crippen molar-refractivity contribution in [2.45, 2.75) is 6.18 Å². The number of nitro groups is 2. The van der Waals surface area contributed by atoms with E-state index in [2.05, 4.69) is 4.98 Å². The first-order valence-electron chi connectivity index (χ1n) is 5.82. The first-order chi connectivity index (χ1) is 10.7. The van der Waals surface area contributed by atoms with E-state index >= 15 is 0 Å². The maximum Gasteiger partial charge on any atom is 0.417 e. The molecule has 0 aliphatic heterocycles. The molecule has 1 heterocycles. The molecule has 11 heteroatoms. The summed E-state index contributed by atoms with van der Waals surface area (Å²) < 4.78 is 42.2. The van der Waals surface area contributed by atoms with Crippen molar-refractivity contribution in [2.24, 2.45) is 0 Å². The van der Waals surface area contributed by atoms with Gasteiger partial charge in [0.2, 0.25) is 11.6 Å². The summed E-state index contributed by atoms with van der Waals surface area (Å²) in [6, 6.07) is 4.19. The highest BCUT2D eigenvalue weighted by Crippen LogP contribution is 2.34. The van der Waals surface area contributed by atoms with Gasteiger partial charge in [0.05, 0.1) is 21.5 Å². The monoisotopic (exact) mass is 329 g/mol. The molecular weight excluding hydrogens is 323 g/mol. The highest BCUT2D eigenvalue weighted by atomic mass is 19.4. The quantitative estimate of drug-likeness (QED) is 0.625. The number of non-ortho nitro benzene ring substituents is 1. The van der Waals surface area contributed by atoms with Crippen molar-refractivity contribution in [2.75, 3.05) is 0 Å². The van der Waals surface area contributed by atoms with Crippen LogP contribution >= 0.6 is 0 Å². The molecule has 0 radical (unpaired) electrons. The second-order valence-corrected chi connectivity index (χ2v) is 4.15. The minimum atomic E-state index is -4.58. The third-order valence-corrected chi connectivity index (χ3v) is 2.63. The SMILES string of the molecule is O=[N+]([O-])c1ccc(Oc2ccc(C(F)(F)F)cn2)c([N+](=O)[O-])c1. The molecule has 120 valence electrons. The summed E-state index contributed by atoms with van der Waals surface area (Å²) in [6.07, 6.45) is -4.07. The zero-order valence-electron chi connectivity index (χ0n) is 11.0. The van der Waals surface area contributed by atoms with Crippen LogP contribution < -0.4 is 4.74 Å². The maximum atomic E-state index is 12.4. The van der Waals surface area contributed by atoms with Crippen LogP contribution in [0, 0.1) is 20.2 Å². The van der Waals surface area contributed by atoms with Gasteiger partial charge in [-0.15, -0.1) is 0 Å². The Bertz CT molecular complexity index is 762. The smallest absolute Gasteiger partial charge is 0.417 e. The van der Waals surface area contributed by atoms with Crippen LogP contribution in [-0.2, 0) is 6.18 Å². The molecule has 1 aromatic heterocycles. The number of nitro benzene ring substituents is 2. The minimum absolute atomic E-state index is 0.324. The lowest BCUT2D eigenvalue weighted by Crippen LogP contribution is -2.05. The van der Waals surface area contributed by atoms with E-state index in [9.17, 15) is 33.4 Å². The van der Waals surface area contributed by atoms with Gasteiger partial charge >= 0.3 is 11.9 Å². The van der Waals surface area contributed by atoms with Crippen LogP contribution in [-0.4, -0.2) is 14.8 Å². The molecule has 0 atom stereocenters. The Morgan fingerprint density at radius 1 is 1.04 bits per heavy atom. The molecule has 0 spiro atoms. The van der Waals surface area contributed by atoms with Gasteiger partial charge in [0.15, 0.2) is 0 Å². The van der Waals surface area contributed by atoms with E-state index < -0.39 is 33.0 Å². The molecule has 0 fully saturated rings. The van der Waals surface area contributed by atoms with E-state index in [0.29, 0.717) is 18.3 Å². The van der Waals surface area contributed by atoms with Crippen molar-refractivity contribution in [1.29, 1.82) is 0 Å². The lowest BCUT2D eigenvalue weighted by molar-refractivity contribution is -0.394. The number of aromatic nitrogens is 1. The zero-order valence-corrected chi connectivity index (χ0v) is 11.0. The maximum absolute atomic E-state index is 12.4. The molecule has 1 aromatic carbocycles. The largest absolute Gasteiger partial charge is 0.432 e. The lowest BCUT2D eigenvalue weighted by atomic mass is 10.2. The average molecular weight is 329 g/mol.